The van der Waals surface area contributed by atoms with Gasteiger partial charge >= 0.3 is 5.97 Å². The third kappa shape index (κ3) is 7.94. The molecule has 10 heteroatoms. The molecule has 0 radical (unpaired) electrons. The van der Waals surface area contributed by atoms with Crippen LogP contribution in [-0.4, -0.2) is 83.6 Å². The summed E-state index contributed by atoms with van der Waals surface area (Å²) >= 11 is 0. The number of methoxy groups -OCH3 is 1. The minimum absolute atomic E-state index is 0.0585. The van der Waals surface area contributed by atoms with Crippen molar-refractivity contribution in [2.75, 3.05) is 52.3 Å². The Kier molecular flexibility index (Phi) is 10.3. The molecule has 1 amide bonds. The second kappa shape index (κ2) is 14.5. The number of aliphatic carboxylic acids is 1. The van der Waals surface area contributed by atoms with E-state index in [2.05, 4.69) is 16.4 Å². The zero-order valence-corrected chi connectivity index (χ0v) is 25.2. The highest BCUT2D eigenvalue weighted by Crippen LogP contribution is 2.38. The number of carbonyl (C=O) groups excluding carboxylic acids is 1. The Hall–Kier alpha value is -3.89. The highest BCUT2D eigenvalue weighted by molar-refractivity contribution is 5.94. The van der Waals surface area contributed by atoms with Gasteiger partial charge in [-0.1, -0.05) is 19.3 Å². The summed E-state index contributed by atoms with van der Waals surface area (Å²) in [6, 6.07) is 15.6. The number of hydrogen-bond acceptors (Lipinski definition) is 7. The molecular weight excluding hydrogens is 546 g/mol. The van der Waals surface area contributed by atoms with Gasteiger partial charge in [-0.15, -0.1) is 0 Å². The minimum atomic E-state index is -0.920. The fraction of sp³-hybridized carbons (Fsp3) is 0.485. The molecule has 1 aliphatic heterocycles. The molecule has 10 nitrogen and oxygen atoms in total. The molecule has 1 aliphatic carbocycles. The average molecular weight is 590 g/mol. The second-order valence-corrected chi connectivity index (χ2v) is 11.5. The topological polar surface area (TPSA) is 109 Å². The van der Waals surface area contributed by atoms with Crippen LogP contribution in [0.2, 0.25) is 0 Å². The average Bonchev–Trinajstić information content (AvgIpc) is 3.46. The summed E-state index contributed by atoms with van der Waals surface area (Å²) < 4.78 is 13.0. The second-order valence-electron chi connectivity index (χ2n) is 11.5. The van der Waals surface area contributed by atoms with Gasteiger partial charge in [0.15, 0.2) is 0 Å². The van der Waals surface area contributed by atoms with Gasteiger partial charge in [-0.3, -0.25) is 14.5 Å². The van der Waals surface area contributed by atoms with Crippen LogP contribution in [0.25, 0.3) is 5.69 Å². The molecule has 1 aromatic heterocycles. The van der Waals surface area contributed by atoms with E-state index in [-0.39, 0.29) is 24.9 Å². The lowest BCUT2D eigenvalue weighted by Crippen LogP contribution is -2.36. The maximum absolute atomic E-state index is 12.9. The maximum atomic E-state index is 12.9. The van der Waals surface area contributed by atoms with Crippen molar-refractivity contribution in [2.45, 2.75) is 51.1 Å². The summed E-state index contributed by atoms with van der Waals surface area (Å²) in [5, 5.41) is 17.9. The van der Waals surface area contributed by atoms with E-state index in [9.17, 15) is 9.59 Å². The van der Waals surface area contributed by atoms with E-state index in [4.69, 9.17) is 19.7 Å². The summed E-state index contributed by atoms with van der Waals surface area (Å²) in [5.74, 6) is 0.150. The number of carboxylic acid groups (broad SMARTS) is 1. The Morgan fingerprint density at radius 1 is 1.07 bits per heavy atom. The van der Waals surface area contributed by atoms with Gasteiger partial charge in [-0.2, -0.15) is 5.10 Å². The van der Waals surface area contributed by atoms with Crippen molar-refractivity contribution in [3.8, 4) is 11.4 Å². The van der Waals surface area contributed by atoms with Crippen molar-refractivity contribution in [1.82, 2.24) is 19.6 Å². The van der Waals surface area contributed by atoms with E-state index < -0.39 is 5.97 Å². The molecule has 0 bridgehead atoms. The van der Waals surface area contributed by atoms with Gasteiger partial charge in [0.2, 0.25) is 0 Å². The summed E-state index contributed by atoms with van der Waals surface area (Å²) in [7, 11) is 3.30. The lowest BCUT2D eigenvalue weighted by molar-refractivity contribution is -0.137. The van der Waals surface area contributed by atoms with Gasteiger partial charge in [-0.25, -0.2) is 4.68 Å². The molecule has 2 heterocycles. The number of amides is 1. The number of aromatic nitrogens is 2. The molecule has 230 valence electrons. The molecule has 2 aromatic carbocycles. The molecular formula is C33H43N5O5. The van der Waals surface area contributed by atoms with Gasteiger partial charge in [0.1, 0.15) is 5.75 Å². The molecule has 3 aromatic rings. The van der Waals surface area contributed by atoms with E-state index in [0.29, 0.717) is 11.5 Å². The van der Waals surface area contributed by atoms with Crippen molar-refractivity contribution in [1.29, 1.82) is 0 Å². The number of nitrogens with zero attached hydrogens (tertiary/aromatic N) is 4. The fourth-order valence-corrected chi connectivity index (χ4v) is 6.03. The van der Waals surface area contributed by atoms with Crippen LogP contribution in [0.4, 0.5) is 5.69 Å². The van der Waals surface area contributed by atoms with Crippen LogP contribution >= 0.6 is 0 Å². The van der Waals surface area contributed by atoms with Crippen molar-refractivity contribution >= 4 is 17.6 Å². The highest BCUT2D eigenvalue weighted by Gasteiger charge is 2.30. The van der Waals surface area contributed by atoms with Gasteiger partial charge in [0.25, 0.3) is 5.91 Å². The van der Waals surface area contributed by atoms with Crippen LogP contribution in [-0.2, 0) is 16.1 Å². The van der Waals surface area contributed by atoms with Crippen LogP contribution < -0.4 is 10.1 Å². The third-order valence-electron chi connectivity index (χ3n) is 8.56. The molecule has 5 rings (SSSR count). The first-order valence-electron chi connectivity index (χ1n) is 15.3. The van der Waals surface area contributed by atoms with Crippen molar-refractivity contribution < 1.29 is 24.2 Å². The first kappa shape index (κ1) is 30.6. The van der Waals surface area contributed by atoms with Crippen molar-refractivity contribution in [3.05, 3.63) is 71.5 Å². The number of rotatable bonds is 12. The quantitative estimate of drug-likeness (QED) is 0.304. The number of hydrogen-bond donors (Lipinski definition) is 2. The highest BCUT2D eigenvalue weighted by atomic mass is 16.5. The number of morpholine rings is 1. The third-order valence-corrected chi connectivity index (χ3v) is 8.56. The number of benzene rings is 2. The van der Waals surface area contributed by atoms with Crippen molar-refractivity contribution in [3.63, 3.8) is 0 Å². The van der Waals surface area contributed by atoms with Crippen LogP contribution in [0.1, 0.15) is 66.2 Å². The Balaban J connectivity index is 1.43. The Labute approximate surface area is 253 Å². The van der Waals surface area contributed by atoms with Crippen LogP contribution in [0.5, 0.6) is 5.75 Å². The van der Waals surface area contributed by atoms with E-state index in [1.165, 1.54) is 29.7 Å². The molecule has 2 N–H and O–H groups in total. The first-order valence-corrected chi connectivity index (χ1v) is 15.3. The number of carbonyl (C=O) groups is 2. The lowest BCUT2D eigenvalue weighted by atomic mass is 9.81. The molecule has 1 saturated carbocycles. The first-order chi connectivity index (χ1) is 20.9. The largest absolute Gasteiger partial charge is 0.497 e. The summed E-state index contributed by atoms with van der Waals surface area (Å²) in [6.45, 7) is 4.15. The SMILES string of the molecule is COc1ccc(-n2cc(C(Nc3ccc(C(=O)N(C)CCC(=O)O)cc3)C3CCCCC3)c(CN3CCOCC3)n2)cc1. The molecule has 2 fully saturated rings. The number of carboxylic acids is 1. The van der Waals surface area contributed by atoms with Crippen molar-refractivity contribution in [2.24, 2.45) is 5.92 Å². The predicted octanol–water partition coefficient (Wildman–Crippen LogP) is 4.99. The smallest absolute Gasteiger partial charge is 0.305 e. The normalized spacial score (nSPS) is 16.9. The summed E-state index contributed by atoms with van der Waals surface area (Å²) in [4.78, 5) is 27.6. The number of ether oxygens (including phenoxy) is 2. The zero-order chi connectivity index (χ0) is 30.2. The van der Waals surface area contributed by atoms with Crippen LogP contribution in [0.3, 0.4) is 0 Å². The predicted molar refractivity (Wildman–Crippen MR) is 165 cm³/mol. The van der Waals surface area contributed by atoms with E-state index in [1.54, 1.807) is 14.2 Å². The van der Waals surface area contributed by atoms with Gasteiger partial charge in [-0.05, 0) is 67.3 Å². The number of anilines is 1. The van der Waals surface area contributed by atoms with Gasteiger partial charge in [0.05, 0.1) is 44.2 Å². The fourth-order valence-electron chi connectivity index (χ4n) is 6.03. The lowest BCUT2D eigenvalue weighted by Gasteiger charge is -2.33. The number of nitrogens with one attached hydrogen (secondary N) is 1. The van der Waals surface area contributed by atoms with Crippen LogP contribution in [0, 0.1) is 5.92 Å². The van der Waals surface area contributed by atoms with E-state index in [0.717, 1.165) is 68.5 Å². The summed E-state index contributed by atoms with van der Waals surface area (Å²) in [5.41, 5.74) is 4.71. The van der Waals surface area contributed by atoms with Crippen LogP contribution in [0.15, 0.2) is 54.7 Å². The molecule has 2 aliphatic rings. The van der Waals surface area contributed by atoms with Gasteiger partial charge < -0.3 is 24.8 Å². The molecule has 0 spiro atoms. The standard InChI is InChI=1S/C33H43N5O5/c1-36(17-16-31(39)40)33(41)25-8-10-26(11-9-25)34-32(24-6-4-3-5-7-24)29-22-38(27-12-14-28(42-2)15-13-27)35-30(29)23-37-18-20-43-21-19-37/h8-15,22,24,32,34H,3-7,16-21,23H2,1-2H3,(H,39,40). The van der Waals surface area contributed by atoms with Gasteiger partial charge in [0, 0.05) is 56.2 Å². The van der Waals surface area contributed by atoms with E-state index in [1.807, 2.05) is 53.2 Å². The monoisotopic (exact) mass is 589 g/mol. The maximum Gasteiger partial charge on any atom is 0.305 e. The Morgan fingerprint density at radius 2 is 1.77 bits per heavy atom. The van der Waals surface area contributed by atoms with E-state index >= 15 is 0 Å². The molecule has 1 atom stereocenters. The molecule has 43 heavy (non-hydrogen) atoms. The minimum Gasteiger partial charge on any atom is -0.497 e. The summed E-state index contributed by atoms with van der Waals surface area (Å²) in [6.07, 6.45) is 8.08. The Bertz CT molecular complexity index is 1350. The zero-order valence-electron chi connectivity index (χ0n) is 25.2. The molecule has 1 unspecified atom stereocenters. The molecule has 1 saturated heterocycles. The Morgan fingerprint density at radius 3 is 2.42 bits per heavy atom.